The normalized spacial score (nSPS) is 11.4. The maximum atomic E-state index is 13.4. The number of ether oxygens (including phenoxy) is 2. The number of benzene rings is 3. The van der Waals surface area contributed by atoms with Crippen LogP contribution in [0.5, 0.6) is 11.5 Å². The first-order valence-electron chi connectivity index (χ1n) is 11.6. The predicted octanol–water partition coefficient (Wildman–Crippen LogP) is 4.36. The first-order chi connectivity index (χ1) is 17.7. The van der Waals surface area contributed by atoms with Crippen LogP contribution in [0.3, 0.4) is 0 Å². The summed E-state index contributed by atoms with van der Waals surface area (Å²) >= 11 is 0. The number of nitro benzene ring substituents is 1. The van der Waals surface area contributed by atoms with E-state index in [-0.39, 0.29) is 23.3 Å². The highest BCUT2D eigenvalue weighted by molar-refractivity contribution is 5.95. The zero-order valence-corrected chi connectivity index (χ0v) is 20.8. The lowest BCUT2D eigenvalue weighted by molar-refractivity contribution is -0.384. The Hall–Kier alpha value is -4.80. The van der Waals surface area contributed by atoms with Crippen LogP contribution < -0.4 is 31.4 Å². The number of carbonyl (C=O) groups excluding carboxylic acids is 1. The minimum atomic E-state index is -0.925. The van der Waals surface area contributed by atoms with E-state index in [4.69, 9.17) is 20.6 Å². The predicted molar refractivity (Wildman–Crippen MR) is 142 cm³/mol. The van der Waals surface area contributed by atoms with Gasteiger partial charge in [-0.2, -0.15) is 0 Å². The van der Waals surface area contributed by atoms with Crippen molar-refractivity contribution in [3.63, 3.8) is 0 Å². The van der Waals surface area contributed by atoms with Crippen molar-refractivity contribution in [3.05, 3.63) is 88.0 Å². The summed E-state index contributed by atoms with van der Waals surface area (Å²) < 4.78 is 11.6. The third kappa shape index (κ3) is 7.10. The van der Waals surface area contributed by atoms with E-state index in [1.807, 2.05) is 20.8 Å². The molecule has 11 heteroatoms. The molecule has 6 N–H and O–H groups in total. The molecule has 3 aromatic rings. The van der Waals surface area contributed by atoms with Crippen LogP contribution >= 0.6 is 0 Å². The second kappa shape index (κ2) is 12.2. The van der Waals surface area contributed by atoms with Crippen molar-refractivity contribution in [2.24, 2.45) is 5.73 Å². The Morgan fingerprint density at radius 2 is 1.78 bits per heavy atom. The maximum absolute atomic E-state index is 13.4. The lowest BCUT2D eigenvalue weighted by atomic mass is 10.0. The van der Waals surface area contributed by atoms with Crippen molar-refractivity contribution in [2.45, 2.75) is 32.9 Å². The molecule has 1 atom stereocenters. The molecule has 0 aliphatic heterocycles. The van der Waals surface area contributed by atoms with Crippen molar-refractivity contribution >= 4 is 28.8 Å². The summed E-state index contributed by atoms with van der Waals surface area (Å²) in [6.07, 6.45) is -0.0760. The van der Waals surface area contributed by atoms with Crippen molar-refractivity contribution in [1.29, 1.82) is 5.41 Å². The number of hydrazine groups is 1. The van der Waals surface area contributed by atoms with E-state index in [0.717, 1.165) is 0 Å². The van der Waals surface area contributed by atoms with Gasteiger partial charge in [-0.25, -0.2) is 0 Å². The van der Waals surface area contributed by atoms with Gasteiger partial charge in [0, 0.05) is 17.3 Å². The van der Waals surface area contributed by atoms with Gasteiger partial charge in [0.15, 0.2) is 11.5 Å². The number of nitrogens with two attached hydrogens (primary N) is 1. The molecular formula is C26H30N6O5. The van der Waals surface area contributed by atoms with Crippen molar-refractivity contribution in [2.75, 3.05) is 17.3 Å². The molecule has 0 fully saturated rings. The number of amides is 1. The fraction of sp³-hybridized carbons (Fsp3) is 0.231. The van der Waals surface area contributed by atoms with Crippen LogP contribution in [0.4, 0.5) is 17.1 Å². The third-order valence-corrected chi connectivity index (χ3v) is 5.15. The SMILES string of the molecule is CCOc1cc(C(Nc2ccc(C(=N)N)cc2)C(=O)NNc2ccccc2[N+](=O)[O-])ccc1OC(C)C. The maximum Gasteiger partial charge on any atom is 0.294 e. The summed E-state index contributed by atoms with van der Waals surface area (Å²) in [7, 11) is 0. The first-order valence-corrected chi connectivity index (χ1v) is 11.6. The fourth-order valence-electron chi connectivity index (χ4n) is 3.48. The molecule has 1 amide bonds. The zero-order valence-electron chi connectivity index (χ0n) is 20.8. The van der Waals surface area contributed by atoms with E-state index < -0.39 is 16.9 Å². The summed E-state index contributed by atoms with van der Waals surface area (Å²) in [6, 6.07) is 17.0. The van der Waals surface area contributed by atoms with Crippen LogP contribution in [0.15, 0.2) is 66.7 Å². The second-order valence-electron chi connectivity index (χ2n) is 8.26. The van der Waals surface area contributed by atoms with E-state index in [2.05, 4.69) is 16.2 Å². The lowest BCUT2D eigenvalue weighted by Crippen LogP contribution is -2.37. The van der Waals surface area contributed by atoms with E-state index in [9.17, 15) is 14.9 Å². The van der Waals surface area contributed by atoms with Crippen LogP contribution in [0.25, 0.3) is 0 Å². The molecular weight excluding hydrogens is 476 g/mol. The topological polar surface area (TPSA) is 165 Å². The van der Waals surface area contributed by atoms with Crippen molar-refractivity contribution < 1.29 is 19.2 Å². The average molecular weight is 507 g/mol. The third-order valence-electron chi connectivity index (χ3n) is 5.15. The van der Waals surface area contributed by atoms with Gasteiger partial charge in [0.1, 0.15) is 17.6 Å². The van der Waals surface area contributed by atoms with Gasteiger partial charge in [-0.3, -0.25) is 31.2 Å². The Balaban J connectivity index is 1.93. The molecule has 1 unspecified atom stereocenters. The molecule has 0 saturated carbocycles. The minimum absolute atomic E-state index is 0.0726. The van der Waals surface area contributed by atoms with Gasteiger partial charge in [-0.1, -0.05) is 18.2 Å². The lowest BCUT2D eigenvalue weighted by Gasteiger charge is -2.22. The molecule has 37 heavy (non-hydrogen) atoms. The van der Waals surface area contributed by atoms with Crippen LogP contribution in [-0.2, 0) is 4.79 Å². The number of nitrogens with one attached hydrogen (secondary N) is 4. The number of carbonyl (C=O) groups is 1. The minimum Gasteiger partial charge on any atom is -0.490 e. The summed E-state index contributed by atoms with van der Waals surface area (Å²) in [5.41, 5.74) is 12.4. The van der Waals surface area contributed by atoms with Gasteiger partial charge in [-0.15, -0.1) is 0 Å². The zero-order chi connectivity index (χ0) is 26.9. The number of hydrogen-bond donors (Lipinski definition) is 5. The summed E-state index contributed by atoms with van der Waals surface area (Å²) in [5, 5.41) is 22.1. The van der Waals surface area contributed by atoms with Crippen LogP contribution in [0.2, 0.25) is 0 Å². The molecule has 3 rings (SSSR count). The molecule has 0 aliphatic rings. The molecule has 0 aromatic heterocycles. The number of anilines is 2. The molecule has 0 heterocycles. The van der Waals surface area contributed by atoms with Gasteiger partial charge >= 0.3 is 0 Å². The second-order valence-corrected chi connectivity index (χ2v) is 8.26. The van der Waals surface area contributed by atoms with Crippen LogP contribution in [0.1, 0.15) is 37.9 Å². The van der Waals surface area contributed by atoms with Crippen LogP contribution in [-0.4, -0.2) is 29.4 Å². The number of rotatable bonds is 12. The largest absolute Gasteiger partial charge is 0.490 e. The fourth-order valence-corrected chi connectivity index (χ4v) is 3.48. The summed E-state index contributed by atoms with van der Waals surface area (Å²) in [4.78, 5) is 24.2. The Bertz CT molecular complexity index is 1260. The Morgan fingerprint density at radius 3 is 2.41 bits per heavy atom. The van der Waals surface area contributed by atoms with Crippen molar-refractivity contribution in [3.8, 4) is 11.5 Å². The van der Waals surface area contributed by atoms with Gasteiger partial charge in [0.05, 0.1) is 17.6 Å². The molecule has 0 aliphatic carbocycles. The molecule has 0 saturated heterocycles. The summed E-state index contributed by atoms with van der Waals surface area (Å²) in [5.74, 6) is 0.445. The van der Waals surface area contributed by atoms with Gasteiger partial charge in [-0.05, 0) is 68.8 Å². The number of hydrogen-bond acceptors (Lipinski definition) is 8. The molecule has 194 valence electrons. The highest BCUT2D eigenvalue weighted by atomic mass is 16.6. The molecule has 0 radical (unpaired) electrons. The van der Waals surface area contributed by atoms with Crippen LogP contribution in [0, 0.1) is 15.5 Å². The molecule has 3 aromatic carbocycles. The Labute approximate surface area is 214 Å². The Kier molecular flexibility index (Phi) is 8.87. The van der Waals surface area contributed by atoms with Crippen molar-refractivity contribution in [1.82, 2.24) is 5.43 Å². The number of nitrogens with zero attached hydrogens (tertiary/aromatic N) is 1. The smallest absolute Gasteiger partial charge is 0.294 e. The highest BCUT2D eigenvalue weighted by Gasteiger charge is 2.24. The first kappa shape index (κ1) is 26.8. The Morgan fingerprint density at radius 1 is 1.08 bits per heavy atom. The van der Waals surface area contributed by atoms with E-state index >= 15 is 0 Å². The monoisotopic (exact) mass is 506 g/mol. The van der Waals surface area contributed by atoms with Gasteiger partial charge in [0.25, 0.3) is 11.6 Å². The van der Waals surface area contributed by atoms with Gasteiger partial charge < -0.3 is 20.5 Å². The highest BCUT2D eigenvalue weighted by Crippen LogP contribution is 2.33. The molecule has 0 bridgehead atoms. The van der Waals surface area contributed by atoms with E-state index in [1.165, 1.54) is 18.2 Å². The molecule has 0 spiro atoms. The quantitative estimate of drug-likeness (QED) is 0.105. The average Bonchev–Trinajstić information content (AvgIpc) is 2.87. The number of nitrogen functional groups attached to an aromatic ring is 1. The van der Waals surface area contributed by atoms with Gasteiger partial charge in [0.2, 0.25) is 0 Å². The van der Waals surface area contributed by atoms with E-state index in [0.29, 0.717) is 34.9 Å². The van der Waals surface area contributed by atoms with E-state index in [1.54, 1.807) is 48.5 Å². The number of nitro groups is 1. The molecule has 11 nitrogen and oxygen atoms in total. The standard InChI is InChI=1S/C26H30N6O5/c1-4-36-23-15-18(11-14-22(23)37-16(2)3)24(29-19-12-9-17(10-13-19)25(27)28)26(33)31-30-20-7-5-6-8-21(20)32(34)35/h5-16,24,29-30H,4H2,1-3H3,(H3,27,28)(H,31,33). The number of para-hydroxylation sites is 2. The number of amidine groups is 1. The summed E-state index contributed by atoms with van der Waals surface area (Å²) in [6.45, 7) is 6.05.